The van der Waals surface area contributed by atoms with Gasteiger partial charge in [0.2, 0.25) is 0 Å². The van der Waals surface area contributed by atoms with Crippen molar-refractivity contribution in [2.45, 2.75) is 57.8 Å². The number of rotatable bonds is 6. The van der Waals surface area contributed by atoms with Crippen LogP contribution < -0.4 is 5.32 Å². The zero-order valence-corrected chi connectivity index (χ0v) is 13.4. The molecule has 1 aliphatic rings. The first kappa shape index (κ1) is 14.5. The minimum Gasteiger partial charge on any atom is -0.373 e. The van der Waals surface area contributed by atoms with E-state index >= 15 is 0 Å². The van der Waals surface area contributed by atoms with E-state index < -0.39 is 0 Å². The van der Waals surface area contributed by atoms with Crippen LogP contribution in [0.3, 0.4) is 0 Å². The maximum atomic E-state index is 6.00. The topological polar surface area (TPSA) is 21.3 Å². The van der Waals surface area contributed by atoms with Gasteiger partial charge in [-0.3, -0.25) is 0 Å². The van der Waals surface area contributed by atoms with Gasteiger partial charge in [0.15, 0.2) is 0 Å². The lowest BCUT2D eigenvalue weighted by Gasteiger charge is -2.29. The van der Waals surface area contributed by atoms with Gasteiger partial charge in [0.25, 0.3) is 0 Å². The molecule has 1 aliphatic carbocycles. The van der Waals surface area contributed by atoms with Crippen molar-refractivity contribution in [3.63, 3.8) is 0 Å². The molecule has 0 aromatic carbocycles. The molecule has 0 spiro atoms. The number of nitrogens with one attached hydrogen (secondary N) is 1. The summed E-state index contributed by atoms with van der Waals surface area (Å²) in [5.41, 5.74) is 0. The van der Waals surface area contributed by atoms with Crippen molar-refractivity contribution < 1.29 is 4.74 Å². The Labute approximate surface area is 122 Å². The summed E-state index contributed by atoms with van der Waals surface area (Å²) < 4.78 is 7.19. The molecule has 2 rings (SSSR count). The molecule has 0 radical (unpaired) electrons. The monoisotopic (exact) mass is 331 g/mol. The van der Waals surface area contributed by atoms with Crippen molar-refractivity contribution in [1.29, 1.82) is 0 Å². The molecule has 1 aromatic heterocycles. The average molecular weight is 332 g/mol. The molecular formula is C14H22BrNOS. The van der Waals surface area contributed by atoms with Gasteiger partial charge in [-0.2, -0.15) is 0 Å². The summed E-state index contributed by atoms with van der Waals surface area (Å²) in [6, 6.07) is 4.96. The second-order valence-electron chi connectivity index (χ2n) is 4.94. The Morgan fingerprint density at radius 3 is 2.72 bits per heavy atom. The van der Waals surface area contributed by atoms with E-state index in [9.17, 15) is 0 Å². The van der Waals surface area contributed by atoms with Gasteiger partial charge in [-0.05, 0) is 66.7 Å². The van der Waals surface area contributed by atoms with E-state index in [0.717, 1.165) is 19.2 Å². The predicted molar refractivity (Wildman–Crippen MR) is 81.1 cm³/mol. The van der Waals surface area contributed by atoms with Crippen molar-refractivity contribution >= 4 is 27.3 Å². The SMILES string of the molecule is CCCNC1CCC(OCc2ccc(Br)s2)CC1. The van der Waals surface area contributed by atoms with Crippen LogP contribution in [-0.4, -0.2) is 18.7 Å². The zero-order chi connectivity index (χ0) is 12.8. The number of halogens is 1. The molecule has 0 amide bonds. The van der Waals surface area contributed by atoms with Crippen molar-refractivity contribution in [2.24, 2.45) is 0 Å². The first-order valence-electron chi connectivity index (χ1n) is 6.87. The van der Waals surface area contributed by atoms with Gasteiger partial charge in [0, 0.05) is 10.9 Å². The number of hydrogen-bond acceptors (Lipinski definition) is 3. The van der Waals surface area contributed by atoms with Crippen molar-refractivity contribution in [3.8, 4) is 0 Å². The second-order valence-corrected chi connectivity index (χ2v) is 7.49. The molecule has 0 aliphatic heterocycles. The minimum absolute atomic E-state index is 0.463. The third-order valence-electron chi connectivity index (χ3n) is 3.45. The highest BCUT2D eigenvalue weighted by atomic mass is 79.9. The average Bonchev–Trinajstić information content (AvgIpc) is 2.81. The molecule has 1 aromatic rings. The molecular weight excluding hydrogens is 310 g/mol. The number of ether oxygens (including phenoxy) is 1. The van der Waals surface area contributed by atoms with Crippen LogP contribution in [0.1, 0.15) is 43.9 Å². The molecule has 1 N–H and O–H groups in total. The van der Waals surface area contributed by atoms with Gasteiger partial charge in [-0.25, -0.2) is 0 Å². The van der Waals surface area contributed by atoms with Gasteiger partial charge in [-0.15, -0.1) is 11.3 Å². The summed E-state index contributed by atoms with van der Waals surface area (Å²) in [5, 5.41) is 3.61. The van der Waals surface area contributed by atoms with Crippen LogP contribution in [0.5, 0.6) is 0 Å². The maximum absolute atomic E-state index is 6.00. The molecule has 18 heavy (non-hydrogen) atoms. The van der Waals surface area contributed by atoms with E-state index in [4.69, 9.17) is 4.74 Å². The second kappa shape index (κ2) is 7.63. The van der Waals surface area contributed by atoms with Crippen LogP contribution in [0.15, 0.2) is 15.9 Å². The minimum atomic E-state index is 0.463. The number of thiophene rings is 1. The van der Waals surface area contributed by atoms with E-state index in [2.05, 4.69) is 40.3 Å². The quantitative estimate of drug-likeness (QED) is 0.837. The lowest BCUT2D eigenvalue weighted by molar-refractivity contribution is 0.0126. The van der Waals surface area contributed by atoms with Gasteiger partial charge >= 0.3 is 0 Å². The van der Waals surface area contributed by atoms with Crippen LogP contribution >= 0.6 is 27.3 Å². The van der Waals surface area contributed by atoms with Crippen LogP contribution in [0.2, 0.25) is 0 Å². The summed E-state index contributed by atoms with van der Waals surface area (Å²) in [6.45, 7) is 4.15. The maximum Gasteiger partial charge on any atom is 0.0813 e. The highest BCUT2D eigenvalue weighted by Crippen LogP contribution is 2.26. The third kappa shape index (κ3) is 4.65. The first-order chi connectivity index (χ1) is 8.78. The molecule has 1 saturated carbocycles. The summed E-state index contributed by atoms with van der Waals surface area (Å²) >= 11 is 5.25. The summed E-state index contributed by atoms with van der Waals surface area (Å²) in [5.74, 6) is 0. The van der Waals surface area contributed by atoms with E-state index in [-0.39, 0.29) is 0 Å². The van der Waals surface area contributed by atoms with Crippen LogP contribution in [-0.2, 0) is 11.3 Å². The standard InChI is InChI=1S/C14H22BrNOS/c1-2-9-16-11-3-5-12(6-4-11)17-10-13-7-8-14(15)18-13/h7-8,11-12,16H,2-6,9-10H2,1H3. The Balaban J connectivity index is 1.64. The third-order valence-corrected chi connectivity index (χ3v) is 5.04. The van der Waals surface area contributed by atoms with Crippen molar-refractivity contribution in [2.75, 3.05) is 6.54 Å². The summed E-state index contributed by atoms with van der Waals surface area (Å²) in [7, 11) is 0. The Morgan fingerprint density at radius 2 is 2.11 bits per heavy atom. The van der Waals surface area contributed by atoms with Crippen molar-refractivity contribution in [3.05, 3.63) is 20.8 Å². The van der Waals surface area contributed by atoms with Gasteiger partial charge in [-0.1, -0.05) is 6.92 Å². The molecule has 0 unspecified atom stereocenters. The van der Waals surface area contributed by atoms with Crippen molar-refractivity contribution in [1.82, 2.24) is 5.32 Å². The fourth-order valence-electron chi connectivity index (χ4n) is 2.41. The first-order valence-corrected chi connectivity index (χ1v) is 8.48. The summed E-state index contributed by atoms with van der Waals surface area (Å²) in [6.07, 6.45) is 6.62. The van der Waals surface area contributed by atoms with Gasteiger partial charge in [0.1, 0.15) is 0 Å². The van der Waals surface area contributed by atoms with E-state index in [0.29, 0.717) is 6.10 Å². The van der Waals surface area contributed by atoms with Gasteiger partial charge < -0.3 is 10.1 Å². The molecule has 0 saturated heterocycles. The fraction of sp³-hybridized carbons (Fsp3) is 0.714. The molecule has 102 valence electrons. The smallest absolute Gasteiger partial charge is 0.0813 e. The lowest BCUT2D eigenvalue weighted by Crippen LogP contribution is -2.35. The Bertz CT molecular complexity index is 347. The predicted octanol–water partition coefficient (Wildman–Crippen LogP) is 4.34. The number of hydrogen-bond donors (Lipinski definition) is 1. The fourth-order valence-corrected chi connectivity index (χ4v) is 3.82. The Morgan fingerprint density at radius 1 is 1.33 bits per heavy atom. The van der Waals surface area contributed by atoms with Gasteiger partial charge in [0.05, 0.1) is 16.5 Å². The molecule has 4 heteroatoms. The van der Waals surface area contributed by atoms with E-state index in [1.54, 1.807) is 11.3 Å². The Kier molecular flexibility index (Phi) is 6.15. The molecule has 0 atom stereocenters. The summed E-state index contributed by atoms with van der Waals surface area (Å²) in [4.78, 5) is 1.31. The highest BCUT2D eigenvalue weighted by Gasteiger charge is 2.21. The van der Waals surface area contributed by atoms with E-state index in [1.165, 1.54) is 40.8 Å². The van der Waals surface area contributed by atoms with Crippen LogP contribution in [0.25, 0.3) is 0 Å². The lowest BCUT2D eigenvalue weighted by atomic mass is 9.93. The normalized spacial score (nSPS) is 24.3. The van der Waals surface area contributed by atoms with Crippen LogP contribution in [0.4, 0.5) is 0 Å². The largest absolute Gasteiger partial charge is 0.373 e. The highest BCUT2D eigenvalue weighted by molar-refractivity contribution is 9.11. The zero-order valence-electron chi connectivity index (χ0n) is 11.0. The molecule has 2 nitrogen and oxygen atoms in total. The molecule has 0 bridgehead atoms. The Hall–Kier alpha value is 0.1000. The molecule has 1 heterocycles. The molecule has 1 fully saturated rings. The van der Waals surface area contributed by atoms with E-state index in [1.807, 2.05) is 0 Å². The van der Waals surface area contributed by atoms with Crippen LogP contribution in [0, 0.1) is 0 Å².